The molecule has 4 aromatic carbocycles. The van der Waals surface area contributed by atoms with Crippen molar-refractivity contribution in [1.29, 1.82) is 0 Å². The number of thiophene rings is 1. The molecule has 13 heteroatoms. The topological polar surface area (TPSA) is 149 Å². The number of anilines is 1. The van der Waals surface area contributed by atoms with Gasteiger partial charge in [-0.1, -0.05) is 41.9 Å². The summed E-state index contributed by atoms with van der Waals surface area (Å²) in [5, 5.41) is 18.5. The standard InChI is InChI=1S/C34H25ClN4O7S/c1-2-45-28-18-22(8-16-27(28)46-30(40)17-9-21-6-4-3-5-7-21)20-36-38-33(41)23-10-12-24(13-11-23)37-34(42)32-31(35)26-15-14-25(39(43)44)19-29(26)47-32/h3-20H,2H2,1H3,(H,37,42)(H,38,41)/b17-9+,36-20-. The molecule has 2 amide bonds. The molecule has 11 nitrogen and oxygen atoms in total. The molecule has 5 aromatic rings. The van der Waals surface area contributed by atoms with Gasteiger partial charge < -0.3 is 14.8 Å². The molecule has 0 bridgehead atoms. The lowest BCUT2D eigenvalue weighted by atomic mass is 10.2. The molecule has 0 aliphatic rings. The van der Waals surface area contributed by atoms with Crippen LogP contribution in [0.4, 0.5) is 11.4 Å². The third kappa shape index (κ3) is 8.25. The third-order valence-electron chi connectivity index (χ3n) is 6.50. The van der Waals surface area contributed by atoms with Gasteiger partial charge in [0.25, 0.3) is 17.5 Å². The van der Waals surface area contributed by atoms with E-state index in [0.29, 0.717) is 33.7 Å². The maximum Gasteiger partial charge on any atom is 0.336 e. The third-order valence-corrected chi connectivity index (χ3v) is 8.16. The summed E-state index contributed by atoms with van der Waals surface area (Å²) in [5.41, 5.74) is 4.48. The number of rotatable bonds is 11. The van der Waals surface area contributed by atoms with Gasteiger partial charge in [-0.05, 0) is 72.7 Å². The molecule has 0 aliphatic heterocycles. The van der Waals surface area contributed by atoms with Crippen LogP contribution in [0.1, 0.15) is 38.1 Å². The summed E-state index contributed by atoms with van der Waals surface area (Å²) in [4.78, 5) is 48.6. The van der Waals surface area contributed by atoms with Crippen LogP contribution >= 0.6 is 22.9 Å². The molecule has 0 saturated heterocycles. The molecule has 0 fully saturated rings. The highest BCUT2D eigenvalue weighted by atomic mass is 35.5. The summed E-state index contributed by atoms with van der Waals surface area (Å²) in [7, 11) is 0. The van der Waals surface area contributed by atoms with Crippen LogP contribution in [-0.2, 0) is 4.79 Å². The predicted molar refractivity (Wildman–Crippen MR) is 182 cm³/mol. The van der Waals surface area contributed by atoms with E-state index in [0.717, 1.165) is 16.9 Å². The van der Waals surface area contributed by atoms with Gasteiger partial charge >= 0.3 is 5.97 Å². The summed E-state index contributed by atoms with van der Waals surface area (Å²) < 4.78 is 11.6. The fourth-order valence-electron chi connectivity index (χ4n) is 4.26. The van der Waals surface area contributed by atoms with Crippen molar-refractivity contribution in [3.63, 3.8) is 0 Å². The highest BCUT2D eigenvalue weighted by Crippen LogP contribution is 2.37. The van der Waals surface area contributed by atoms with Crippen molar-refractivity contribution in [1.82, 2.24) is 5.43 Å². The second-order valence-corrected chi connectivity index (χ2v) is 11.1. The van der Waals surface area contributed by atoms with Crippen molar-refractivity contribution in [3.8, 4) is 11.5 Å². The molecule has 0 saturated carbocycles. The van der Waals surface area contributed by atoms with Gasteiger partial charge in [-0.25, -0.2) is 10.2 Å². The minimum Gasteiger partial charge on any atom is -0.490 e. The van der Waals surface area contributed by atoms with Gasteiger partial charge in [-0.3, -0.25) is 19.7 Å². The fraction of sp³-hybridized carbons (Fsp3) is 0.0588. The molecule has 0 unspecified atom stereocenters. The number of nitrogens with zero attached hydrogens (tertiary/aromatic N) is 2. The SMILES string of the molecule is CCOc1cc(/C=N\NC(=O)c2ccc(NC(=O)c3sc4cc([N+](=O)[O-])ccc4c3Cl)cc2)ccc1OC(=O)/C=C/c1ccccc1. The zero-order valence-electron chi connectivity index (χ0n) is 24.6. The second kappa shape index (κ2) is 15.0. The van der Waals surface area contributed by atoms with Gasteiger partial charge in [0.15, 0.2) is 11.5 Å². The first-order valence-electron chi connectivity index (χ1n) is 14.0. The number of fused-ring (bicyclic) bond motifs is 1. The molecule has 0 radical (unpaired) electrons. The average Bonchev–Trinajstić information content (AvgIpc) is 3.41. The van der Waals surface area contributed by atoms with Gasteiger partial charge in [0.05, 0.1) is 22.8 Å². The smallest absolute Gasteiger partial charge is 0.336 e. The lowest BCUT2D eigenvalue weighted by Gasteiger charge is -2.10. The zero-order valence-corrected chi connectivity index (χ0v) is 26.2. The number of nitro groups is 1. The van der Waals surface area contributed by atoms with Gasteiger partial charge in [0.2, 0.25) is 0 Å². The van der Waals surface area contributed by atoms with E-state index in [-0.39, 0.29) is 26.9 Å². The van der Waals surface area contributed by atoms with Crippen molar-refractivity contribution >= 4 is 74.5 Å². The molecule has 0 aliphatic carbocycles. The number of hydrazone groups is 1. The number of nitro benzene ring substituents is 1. The Morgan fingerprint density at radius 3 is 2.43 bits per heavy atom. The molecular formula is C34H25ClN4O7S. The minimum atomic E-state index is -0.564. The first kappa shape index (κ1) is 32.5. The van der Waals surface area contributed by atoms with Crippen LogP contribution in [-0.4, -0.2) is 35.5 Å². The van der Waals surface area contributed by atoms with E-state index >= 15 is 0 Å². The van der Waals surface area contributed by atoms with E-state index in [1.165, 1.54) is 42.6 Å². The van der Waals surface area contributed by atoms with Gasteiger partial charge in [-0.15, -0.1) is 11.3 Å². The van der Waals surface area contributed by atoms with E-state index in [4.69, 9.17) is 21.1 Å². The monoisotopic (exact) mass is 668 g/mol. The zero-order chi connectivity index (χ0) is 33.3. The van der Waals surface area contributed by atoms with Crippen molar-refractivity contribution in [2.45, 2.75) is 6.92 Å². The number of halogens is 1. The molecule has 47 heavy (non-hydrogen) atoms. The molecule has 5 rings (SSSR count). The van der Waals surface area contributed by atoms with Gasteiger partial charge in [0.1, 0.15) is 4.88 Å². The van der Waals surface area contributed by atoms with Crippen molar-refractivity contribution in [3.05, 3.63) is 134 Å². The quantitative estimate of drug-likeness (QED) is 0.0370. The van der Waals surface area contributed by atoms with E-state index in [1.54, 1.807) is 43.3 Å². The Kier molecular flexibility index (Phi) is 10.4. The Hall–Kier alpha value is -5.85. The van der Waals surface area contributed by atoms with E-state index < -0.39 is 22.7 Å². The van der Waals surface area contributed by atoms with Crippen LogP contribution in [0.2, 0.25) is 5.02 Å². The highest BCUT2D eigenvalue weighted by molar-refractivity contribution is 7.21. The summed E-state index contributed by atoms with van der Waals surface area (Å²) in [5.74, 6) is -0.974. The van der Waals surface area contributed by atoms with Crippen LogP contribution in [0.25, 0.3) is 16.2 Å². The van der Waals surface area contributed by atoms with Gasteiger partial charge in [0, 0.05) is 39.5 Å². The number of ether oxygens (including phenoxy) is 2. The van der Waals surface area contributed by atoms with Gasteiger partial charge in [-0.2, -0.15) is 5.10 Å². The summed E-state index contributed by atoms with van der Waals surface area (Å²) >= 11 is 7.42. The number of benzene rings is 4. The molecular weight excluding hydrogens is 644 g/mol. The fourth-order valence-corrected chi connectivity index (χ4v) is 5.71. The summed E-state index contributed by atoms with van der Waals surface area (Å²) in [6.45, 7) is 2.13. The predicted octanol–water partition coefficient (Wildman–Crippen LogP) is 7.50. The minimum absolute atomic E-state index is 0.0976. The number of carbonyl (C=O) groups excluding carboxylic acids is 3. The van der Waals surface area contributed by atoms with Crippen LogP contribution in [0.3, 0.4) is 0 Å². The molecule has 1 heterocycles. The van der Waals surface area contributed by atoms with Crippen LogP contribution < -0.4 is 20.2 Å². The van der Waals surface area contributed by atoms with E-state index in [1.807, 2.05) is 30.3 Å². The Morgan fingerprint density at radius 2 is 1.70 bits per heavy atom. The van der Waals surface area contributed by atoms with E-state index in [2.05, 4.69) is 15.8 Å². The molecule has 0 atom stereocenters. The summed E-state index contributed by atoms with van der Waals surface area (Å²) in [6.07, 6.45) is 4.39. The van der Waals surface area contributed by atoms with Crippen LogP contribution in [0.5, 0.6) is 11.5 Å². The number of esters is 1. The molecule has 0 spiro atoms. The number of amides is 2. The van der Waals surface area contributed by atoms with Crippen molar-refractivity contribution in [2.75, 3.05) is 11.9 Å². The maximum absolute atomic E-state index is 12.9. The van der Waals surface area contributed by atoms with Crippen molar-refractivity contribution in [2.24, 2.45) is 5.10 Å². The van der Waals surface area contributed by atoms with Crippen LogP contribution in [0.15, 0.2) is 102 Å². The number of nitrogens with one attached hydrogen (secondary N) is 2. The first-order valence-corrected chi connectivity index (χ1v) is 15.2. The first-order chi connectivity index (χ1) is 22.7. The normalized spacial score (nSPS) is 11.1. The Labute approximate surface area is 277 Å². The van der Waals surface area contributed by atoms with Crippen molar-refractivity contribution < 1.29 is 28.8 Å². The molecule has 1 aromatic heterocycles. The lowest BCUT2D eigenvalue weighted by molar-refractivity contribution is -0.384. The Morgan fingerprint density at radius 1 is 0.936 bits per heavy atom. The number of carbonyl (C=O) groups is 3. The second-order valence-electron chi connectivity index (χ2n) is 9.72. The van der Waals surface area contributed by atoms with E-state index in [9.17, 15) is 24.5 Å². The largest absolute Gasteiger partial charge is 0.490 e. The Bertz CT molecular complexity index is 2030. The number of hydrogen-bond donors (Lipinski definition) is 2. The molecule has 236 valence electrons. The molecule has 2 N–H and O–H groups in total. The Balaban J connectivity index is 1.18. The lowest BCUT2D eigenvalue weighted by Crippen LogP contribution is -2.17. The number of hydrogen-bond acceptors (Lipinski definition) is 9. The summed E-state index contributed by atoms with van der Waals surface area (Å²) in [6, 6.07) is 24.5. The maximum atomic E-state index is 12.9. The highest BCUT2D eigenvalue weighted by Gasteiger charge is 2.19. The van der Waals surface area contributed by atoms with Crippen LogP contribution in [0, 0.1) is 10.1 Å². The average molecular weight is 669 g/mol. The number of non-ortho nitro benzene ring substituents is 1.